The number of aromatic nitrogens is 1. The van der Waals surface area contributed by atoms with Crippen LogP contribution in [0.1, 0.15) is 17.3 Å². The van der Waals surface area contributed by atoms with E-state index < -0.39 is 5.97 Å². The number of rotatable bonds is 5. The number of nitrogen functional groups attached to an aromatic ring is 1. The molecule has 28 heavy (non-hydrogen) atoms. The van der Waals surface area contributed by atoms with Crippen LogP contribution >= 0.6 is 23.2 Å². The van der Waals surface area contributed by atoms with Gasteiger partial charge in [-0.3, -0.25) is 0 Å². The molecule has 0 aliphatic carbocycles. The van der Waals surface area contributed by atoms with Gasteiger partial charge in [-0.25, -0.2) is 9.78 Å². The van der Waals surface area contributed by atoms with E-state index in [2.05, 4.69) is 15.2 Å². The van der Waals surface area contributed by atoms with E-state index in [0.717, 1.165) is 5.56 Å². The van der Waals surface area contributed by atoms with Gasteiger partial charge in [-0.2, -0.15) is 5.11 Å². The molecule has 3 aromatic rings. The van der Waals surface area contributed by atoms with E-state index >= 15 is 0 Å². The first-order valence-electron chi connectivity index (χ1n) is 8.39. The van der Waals surface area contributed by atoms with Crippen LogP contribution in [0.3, 0.4) is 0 Å². The van der Waals surface area contributed by atoms with Gasteiger partial charge in [-0.1, -0.05) is 35.3 Å². The minimum absolute atomic E-state index is 0.0499. The fourth-order valence-electron chi connectivity index (χ4n) is 2.41. The van der Waals surface area contributed by atoms with E-state index in [1.165, 1.54) is 6.07 Å². The molecule has 0 saturated carbocycles. The Bertz CT molecular complexity index is 1020. The van der Waals surface area contributed by atoms with Gasteiger partial charge in [0.25, 0.3) is 0 Å². The number of nitrogens with two attached hydrogens (primary N) is 1. The van der Waals surface area contributed by atoms with Crippen LogP contribution in [-0.2, 0) is 4.74 Å². The lowest BCUT2D eigenvalue weighted by molar-refractivity contribution is 0.0527. The number of benzene rings is 2. The molecule has 0 bridgehead atoms. The van der Waals surface area contributed by atoms with Crippen LogP contribution in [0.5, 0.6) is 0 Å². The number of anilines is 1. The van der Waals surface area contributed by atoms with Crippen molar-refractivity contribution in [3.05, 3.63) is 70.2 Å². The highest BCUT2D eigenvalue weighted by atomic mass is 35.5. The fourth-order valence-corrected chi connectivity index (χ4v) is 2.66. The first-order valence-corrected chi connectivity index (χ1v) is 9.14. The van der Waals surface area contributed by atoms with Gasteiger partial charge in [-0.15, -0.1) is 5.11 Å². The molecular weight excluding hydrogens is 399 g/mol. The Morgan fingerprint density at radius 3 is 2.25 bits per heavy atom. The van der Waals surface area contributed by atoms with E-state index in [0.29, 0.717) is 27.1 Å². The molecule has 3 rings (SSSR count). The molecule has 0 radical (unpaired) electrons. The third-order valence-electron chi connectivity index (χ3n) is 3.74. The van der Waals surface area contributed by atoms with Crippen LogP contribution < -0.4 is 5.73 Å². The lowest BCUT2D eigenvalue weighted by Crippen LogP contribution is -2.09. The monoisotopic (exact) mass is 414 g/mol. The smallest absolute Gasteiger partial charge is 0.341 e. The van der Waals surface area contributed by atoms with Crippen LogP contribution in [0.4, 0.5) is 17.2 Å². The van der Waals surface area contributed by atoms with E-state index in [4.69, 9.17) is 33.7 Å². The number of halogens is 2. The molecular formula is C20H16Cl2N4O2. The number of hydrogen-bond acceptors (Lipinski definition) is 6. The number of carbonyl (C=O) groups is 1. The zero-order valence-electron chi connectivity index (χ0n) is 14.9. The van der Waals surface area contributed by atoms with Crippen molar-refractivity contribution in [3.8, 4) is 11.3 Å². The first-order chi connectivity index (χ1) is 13.5. The van der Waals surface area contributed by atoms with Crippen LogP contribution in [0.2, 0.25) is 10.0 Å². The van der Waals surface area contributed by atoms with Crippen LogP contribution in [0, 0.1) is 0 Å². The molecule has 0 amide bonds. The lowest BCUT2D eigenvalue weighted by Gasteiger charge is -2.10. The Morgan fingerprint density at radius 1 is 1.04 bits per heavy atom. The summed E-state index contributed by atoms with van der Waals surface area (Å²) in [7, 11) is 0. The lowest BCUT2D eigenvalue weighted by atomic mass is 10.1. The Balaban J connectivity index is 2.09. The van der Waals surface area contributed by atoms with Crippen molar-refractivity contribution >= 4 is 46.4 Å². The number of hydrogen-bond donors (Lipinski definition) is 1. The zero-order valence-corrected chi connectivity index (χ0v) is 16.4. The number of pyridine rings is 1. The predicted octanol–water partition coefficient (Wildman–Crippen LogP) is 6.23. The van der Waals surface area contributed by atoms with Gasteiger partial charge in [0.1, 0.15) is 22.8 Å². The number of ether oxygens (including phenoxy) is 1. The summed E-state index contributed by atoms with van der Waals surface area (Å²) in [5.74, 6) is -0.521. The molecule has 0 saturated heterocycles. The van der Waals surface area contributed by atoms with Gasteiger partial charge < -0.3 is 10.5 Å². The molecule has 142 valence electrons. The normalized spacial score (nSPS) is 11.0. The van der Waals surface area contributed by atoms with Crippen molar-refractivity contribution in [1.82, 2.24) is 4.98 Å². The van der Waals surface area contributed by atoms with Gasteiger partial charge in [0.05, 0.1) is 12.3 Å². The van der Waals surface area contributed by atoms with Crippen molar-refractivity contribution in [2.45, 2.75) is 6.92 Å². The summed E-state index contributed by atoms with van der Waals surface area (Å²) in [4.78, 5) is 16.5. The Hall–Kier alpha value is -2.96. The molecule has 2 N–H and O–H groups in total. The quantitative estimate of drug-likeness (QED) is 0.395. The van der Waals surface area contributed by atoms with Crippen LogP contribution in [-0.4, -0.2) is 17.6 Å². The van der Waals surface area contributed by atoms with Gasteiger partial charge in [0, 0.05) is 15.6 Å². The van der Waals surface area contributed by atoms with E-state index in [-0.39, 0.29) is 18.0 Å². The summed E-state index contributed by atoms with van der Waals surface area (Å²) in [5, 5.41) is 9.66. The highest BCUT2D eigenvalue weighted by Gasteiger charge is 2.18. The molecule has 0 aliphatic rings. The molecule has 1 heterocycles. The largest absolute Gasteiger partial charge is 0.462 e. The average molecular weight is 415 g/mol. The number of esters is 1. The minimum atomic E-state index is -0.571. The maximum absolute atomic E-state index is 12.2. The number of azo groups is 1. The van der Waals surface area contributed by atoms with Gasteiger partial charge in [-0.05, 0) is 49.4 Å². The molecule has 0 atom stereocenters. The second-order valence-corrected chi connectivity index (χ2v) is 6.57. The molecule has 6 nitrogen and oxygen atoms in total. The maximum Gasteiger partial charge on any atom is 0.341 e. The van der Waals surface area contributed by atoms with Crippen LogP contribution in [0.25, 0.3) is 11.3 Å². The number of nitrogens with zero attached hydrogens (tertiary/aromatic N) is 3. The predicted molar refractivity (Wildman–Crippen MR) is 111 cm³/mol. The molecule has 0 aliphatic heterocycles. The van der Waals surface area contributed by atoms with Crippen molar-refractivity contribution in [2.24, 2.45) is 10.2 Å². The van der Waals surface area contributed by atoms with Crippen molar-refractivity contribution < 1.29 is 9.53 Å². The summed E-state index contributed by atoms with van der Waals surface area (Å²) in [6.45, 7) is 1.93. The second kappa shape index (κ2) is 8.82. The van der Waals surface area contributed by atoms with E-state index in [9.17, 15) is 4.79 Å². The average Bonchev–Trinajstić information content (AvgIpc) is 2.69. The summed E-state index contributed by atoms with van der Waals surface area (Å²) in [6, 6.07) is 15.4. The Morgan fingerprint density at radius 2 is 1.64 bits per heavy atom. The molecule has 0 spiro atoms. The highest BCUT2D eigenvalue weighted by molar-refractivity contribution is 6.30. The van der Waals surface area contributed by atoms with E-state index in [1.54, 1.807) is 55.5 Å². The molecule has 2 aromatic carbocycles. The SMILES string of the molecule is CCOC(=O)c1cc(N=Nc2ccc(Cl)cc2)c(-c2ccc(Cl)cc2)nc1N. The third kappa shape index (κ3) is 4.65. The minimum Gasteiger partial charge on any atom is -0.462 e. The van der Waals surface area contributed by atoms with Crippen molar-refractivity contribution in [3.63, 3.8) is 0 Å². The molecule has 8 heteroatoms. The number of carbonyl (C=O) groups excluding carboxylic acids is 1. The summed E-state index contributed by atoms with van der Waals surface area (Å²) in [6.07, 6.45) is 0. The van der Waals surface area contributed by atoms with E-state index in [1.807, 2.05) is 0 Å². The third-order valence-corrected chi connectivity index (χ3v) is 4.25. The van der Waals surface area contributed by atoms with Gasteiger partial charge in [0.15, 0.2) is 0 Å². The van der Waals surface area contributed by atoms with Crippen molar-refractivity contribution in [2.75, 3.05) is 12.3 Å². The first kappa shape index (κ1) is 19.8. The fraction of sp³-hybridized carbons (Fsp3) is 0.100. The topological polar surface area (TPSA) is 89.9 Å². The highest BCUT2D eigenvalue weighted by Crippen LogP contribution is 2.33. The van der Waals surface area contributed by atoms with Gasteiger partial charge >= 0.3 is 5.97 Å². The second-order valence-electron chi connectivity index (χ2n) is 5.69. The summed E-state index contributed by atoms with van der Waals surface area (Å²) >= 11 is 11.9. The molecule has 0 unspecified atom stereocenters. The molecule has 1 aromatic heterocycles. The zero-order chi connectivity index (χ0) is 20.1. The maximum atomic E-state index is 12.2. The van der Waals surface area contributed by atoms with Crippen molar-refractivity contribution in [1.29, 1.82) is 0 Å². The summed E-state index contributed by atoms with van der Waals surface area (Å²) in [5.41, 5.74) is 8.29. The Labute approximate surface area is 172 Å². The van der Waals surface area contributed by atoms with Gasteiger partial charge in [0.2, 0.25) is 0 Å². The molecule has 0 fully saturated rings. The van der Waals surface area contributed by atoms with Crippen LogP contribution in [0.15, 0.2) is 64.8 Å². The standard InChI is InChI=1S/C20H16Cl2N4O2/c1-2-28-20(27)16-11-17(26-25-15-9-7-14(22)8-10-15)18(24-19(16)23)12-3-5-13(21)6-4-12/h3-11H,2H2,1H3,(H2,23,24). The summed E-state index contributed by atoms with van der Waals surface area (Å²) < 4.78 is 5.04. The Kier molecular flexibility index (Phi) is 6.23.